The molecule has 1 aromatic carbocycles. The van der Waals surface area contributed by atoms with Crippen LogP contribution < -0.4 is 0 Å². The van der Waals surface area contributed by atoms with Crippen molar-refractivity contribution in [2.45, 2.75) is 76.2 Å². The minimum Gasteiger partial charge on any atom is -0.355 e. The number of alkyl halides is 6. The van der Waals surface area contributed by atoms with E-state index in [4.69, 9.17) is 4.74 Å². The second-order valence-electron chi connectivity index (χ2n) is 7.75. The van der Waals surface area contributed by atoms with E-state index in [2.05, 4.69) is 4.74 Å². The van der Waals surface area contributed by atoms with Crippen LogP contribution in [0.15, 0.2) is 24.3 Å². The molecule has 0 saturated heterocycles. The van der Waals surface area contributed by atoms with Gasteiger partial charge < -0.3 is 9.47 Å². The van der Waals surface area contributed by atoms with Gasteiger partial charge in [0.1, 0.15) is 6.79 Å². The van der Waals surface area contributed by atoms with E-state index in [1.54, 1.807) is 0 Å². The zero-order valence-corrected chi connectivity index (χ0v) is 16.7. The van der Waals surface area contributed by atoms with Crippen molar-refractivity contribution in [2.24, 2.45) is 5.92 Å². The van der Waals surface area contributed by atoms with E-state index in [9.17, 15) is 26.3 Å². The molecule has 0 spiro atoms. The largest absolute Gasteiger partial charge is 0.430 e. The molecule has 1 atom stereocenters. The molecular formula is C21H28F6O2. The lowest BCUT2D eigenvalue weighted by Crippen LogP contribution is -2.56. The van der Waals surface area contributed by atoms with Crippen molar-refractivity contribution < 1.29 is 35.8 Å². The highest BCUT2D eigenvalue weighted by molar-refractivity contribution is 5.32. The van der Waals surface area contributed by atoms with Crippen molar-refractivity contribution in [3.63, 3.8) is 0 Å². The maximum Gasteiger partial charge on any atom is 0.430 e. The Morgan fingerprint density at radius 3 is 1.97 bits per heavy atom. The monoisotopic (exact) mass is 426 g/mol. The van der Waals surface area contributed by atoms with Crippen LogP contribution in [0.5, 0.6) is 0 Å². The third-order valence-electron chi connectivity index (χ3n) is 5.73. The summed E-state index contributed by atoms with van der Waals surface area (Å²) in [7, 11) is 0. The summed E-state index contributed by atoms with van der Waals surface area (Å²) in [5, 5.41) is 0. The smallest absolute Gasteiger partial charge is 0.355 e. The SMILES string of the molecule is CCC(C)c1ccc(C(OCOCC2CCCCC2)(C(F)(F)F)C(F)(F)F)cc1. The molecule has 0 amide bonds. The predicted octanol–water partition coefficient (Wildman–Crippen LogP) is 7.09. The lowest BCUT2D eigenvalue weighted by molar-refractivity contribution is -0.402. The molecule has 0 N–H and O–H groups in total. The summed E-state index contributed by atoms with van der Waals surface area (Å²) >= 11 is 0. The Morgan fingerprint density at radius 2 is 1.48 bits per heavy atom. The van der Waals surface area contributed by atoms with Gasteiger partial charge in [-0.3, -0.25) is 0 Å². The molecule has 0 bridgehead atoms. The number of halogens is 6. The molecule has 1 aliphatic carbocycles. The maximum atomic E-state index is 13.8. The molecule has 0 aliphatic heterocycles. The van der Waals surface area contributed by atoms with Gasteiger partial charge in [-0.2, -0.15) is 26.3 Å². The van der Waals surface area contributed by atoms with Crippen LogP contribution in [0.4, 0.5) is 26.3 Å². The van der Waals surface area contributed by atoms with Crippen LogP contribution in [0, 0.1) is 5.92 Å². The molecule has 1 aliphatic rings. The van der Waals surface area contributed by atoms with Crippen LogP contribution in [0.25, 0.3) is 0 Å². The van der Waals surface area contributed by atoms with E-state index in [0.29, 0.717) is 12.0 Å². The summed E-state index contributed by atoms with van der Waals surface area (Å²) in [5.74, 6) is 0.170. The van der Waals surface area contributed by atoms with Crippen molar-refractivity contribution in [2.75, 3.05) is 13.4 Å². The fraction of sp³-hybridized carbons (Fsp3) is 0.714. The molecule has 1 fully saturated rings. The fourth-order valence-electron chi connectivity index (χ4n) is 3.72. The van der Waals surface area contributed by atoms with Gasteiger partial charge in [0.05, 0.1) is 6.61 Å². The number of hydrogen-bond acceptors (Lipinski definition) is 2. The van der Waals surface area contributed by atoms with Crippen molar-refractivity contribution in [1.82, 2.24) is 0 Å². The average molecular weight is 426 g/mol. The molecule has 166 valence electrons. The molecule has 1 unspecified atom stereocenters. The van der Waals surface area contributed by atoms with Crippen LogP contribution >= 0.6 is 0 Å². The standard InChI is InChI=1S/C21H28F6O2/c1-3-15(2)17-9-11-18(12-10-17)19(20(22,23)24,21(25,26)27)29-14-28-13-16-7-5-4-6-8-16/h9-12,15-16H,3-8,13-14H2,1-2H3. The minimum absolute atomic E-state index is 0.0231. The summed E-state index contributed by atoms with van der Waals surface area (Å²) in [4.78, 5) is 0. The van der Waals surface area contributed by atoms with Crippen LogP contribution in [-0.2, 0) is 15.1 Å². The van der Waals surface area contributed by atoms with Gasteiger partial charge in [-0.15, -0.1) is 0 Å². The van der Waals surface area contributed by atoms with Gasteiger partial charge in [0, 0.05) is 5.56 Å². The molecule has 2 nitrogen and oxygen atoms in total. The van der Waals surface area contributed by atoms with E-state index in [0.717, 1.165) is 44.2 Å². The summed E-state index contributed by atoms with van der Waals surface area (Å²) in [6.07, 6.45) is -5.88. The van der Waals surface area contributed by atoms with E-state index < -0.39 is 30.3 Å². The Hall–Kier alpha value is -1.28. The Balaban J connectivity index is 2.23. The Kier molecular flexibility index (Phi) is 8.01. The Bertz CT molecular complexity index is 604. The summed E-state index contributed by atoms with van der Waals surface area (Å²) in [5.41, 5.74) is -4.76. The molecule has 0 heterocycles. The number of ether oxygens (including phenoxy) is 2. The summed E-state index contributed by atoms with van der Waals surface area (Å²) < 4.78 is 92.2. The molecule has 2 rings (SSSR count). The van der Waals surface area contributed by atoms with Gasteiger partial charge in [0.25, 0.3) is 5.60 Å². The average Bonchev–Trinajstić information content (AvgIpc) is 2.66. The van der Waals surface area contributed by atoms with Gasteiger partial charge in [0.2, 0.25) is 0 Å². The first-order valence-electron chi connectivity index (χ1n) is 9.98. The van der Waals surface area contributed by atoms with Crippen LogP contribution in [0.1, 0.15) is 69.4 Å². The zero-order chi connectivity index (χ0) is 21.7. The predicted molar refractivity (Wildman–Crippen MR) is 97.4 cm³/mol. The quantitative estimate of drug-likeness (QED) is 0.251. The third-order valence-corrected chi connectivity index (χ3v) is 5.73. The molecule has 0 aromatic heterocycles. The fourth-order valence-corrected chi connectivity index (χ4v) is 3.72. The second kappa shape index (κ2) is 9.69. The van der Waals surface area contributed by atoms with Crippen molar-refractivity contribution >= 4 is 0 Å². The van der Waals surface area contributed by atoms with E-state index in [1.165, 1.54) is 12.1 Å². The second-order valence-corrected chi connectivity index (χ2v) is 7.75. The third kappa shape index (κ3) is 5.45. The molecule has 0 radical (unpaired) electrons. The van der Waals surface area contributed by atoms with Crippen molar-refractivity contribution in [3.8, 4) is 0 Å². The van der Waals surface area contributed by atoms with Gasteiger partial charge >= 0.3 is 12.4 Å². The number of rotatable bonds is 8. The number of hydrogen-bond donors (Lipinski definition) is 0. The topological polar surface area (TPSA) is 18.5 Å². The first-order valence-corrected chi connectivity index (χ1v) is 9.98. The highest BCUT2D eigenvalue weighted by Gasteiger charge is 2.73. The van der Waals surface area contributed by atoms with Crippen LogP contribution in [0.2, 0.25) is 0 Å². The zero-order valence-electron chi connectivity index (χ0n) is 16.7. The van der Waals surface area contributed by atoms with Gasteiger partial charge in [0.15, 0.2) is 0 Å². The highest BCUT2D eigenvalue weighted by atomic mass is 19.4. The molecule has 1 saturated carbocycles. The Labute approximate surface area is 167 Å². The first-order chi connectivity index (χ1) is 13.5. The van der Waals surface area contributed by atoms with Crippen LogP contribution in [0.3, 0.4) is 0 Å². The van der Waals surface area contributed by atoms with Crippen molar-refractivity contribution in [3.05, 3.63) is 35.4 Å². The lowest BCUT2D eigenvalue weighted by Gasteiger charge is -2.37. The summed E-state index contributed by atoms with van der Waals surface area (Å²) in [6.45, 7) is 2.76. The molecular weight excluding hydrogens is 398 g/mol. The van der Waals surface area contributed by atoms with Crippen molar-refractivity contribution in [1.29, 1.82) is 0 Å². The lowest BCUT2D eigenvalue weighted by atomic mass is 9.89. The maximum absolute atomic E-state index is 13.8. The van der Waals surface area contributed by atoms with Gasteiger partial charge in [-0.25, -0.2) is 0 Å². The summed E-state index contributed by atoms with van der Waals surface area (Å²) in [6, 6.07) is 4.29. The molecule has 8 heteroatoms. The molecule has 29 heavy (non-hydrogen) atoms. The molecule has 1 aromatic rings. The normalized spacial score (nSPS) is 18.1. The van der Waals surface area contributed by atoms with E-state index >= 15 is 0 Å². The van der Waals surface area contributed by atoms with Gasteiger partial charge in [-0.05, 0) is 36.7 Å². The number of benzene rings is 1. The van der Waals surface area contributed by atoms with E-state index in [-0.39, 0.29) is 18.4 Å². The minimum atomic E-state index is -5.70. The Morgan fingerprint density at radius 1 is 0.931 bits per heavy atom. The first kappa shape index (κ1) is 24.0. The van der Waals surface area contributed by atoms with Crippen LogP contribution in [-0.4, -0.2) is 25.8 Å². The van der Waals surface area contributed by atoms with Gasteiger partial charge in [-0.1, -0.05) is 57.4 Å². The highest BCUT2D eigenvalue weighted by Crippen LogP contribution is 2.53. The van der Waals surface area contributed by atoms with E-state index in [1.807, 2.05) is 13.8 Å².